The second kappa shape index (κ2) is 9.40. The summed E-state index contributed by atoms with van der Waals surface area (Å²) in [5, 5.41) is 8.49. The van der Waals surface area contributed by atoms with Crippen molar-refractivity contribution in [1.82, 2.24) is 10.2 Å². The van der Waals surface area contributed by atoms with Crippen LogP contribution in [0.1, 0.15) is 10.6 Å². The number of hydrogen-bond donors (Lipinski definition) is 3. The second-order valence-electron chi connectivity index (χ2n) is 5.96. The third kappa shape index (κ3) is 5.72. The third-order valence-corrected chi connectivity index (χ3v) is 4.35. The lowest BCUT2D eigenvalue weighted by atomic mass is 10.2. The SMILES string of the molecule is O=C(NCCN1CCOCC1)Nc1ccc(NC(=O)c2ccco2)c(Cl)c1. The van der Waals surface area contributed by atoms with Crippen molar-refractivity contribution in [3.8, 4) is 0 Å². The molecule has 2 aromatic rings. The van der Waals surface area contributed by atoms with Gasteiger partial charge in [0.1, 0.15) is 0 Å². The molecular weight excluding hydrogens is 372 g/mol. The Balaban J connectivity index is 1.46. The number of morpholine rings is 1. The van der Waals surface area contributed by atoms with Gasteiger partial charge >= 0.3 is 6.03 Å². The van der Waals surface area contributed by atoms with Gasteiger partial charge in [-0.15, -0.1) is 0 Å². The molecule has 0 saturated carbocycles. The average molecular weight is 393 g/mol. The molecule has 27 heavy (non-hydrogen) atoms. The molecule has 1 aliphatic rings. The maximum Gasteiger partial charge on any atom is 0.319 e. The van der Waals surface area contributed by atoms with Crippen molar-refractivity contribution in [2.24, 2.45) is 0 Å². The normalized spacial score (nSPS) is 14.6. The van der Waals surface area contributed by atoms with E-state index in [0.29, 0.717) is 22.9 Å². The van der Waals surface area contributed by atoms with Crippen LogP contribution in [0.15, 0.2) is 41.0 Å². The molecule has 1 saturated heterocycles. The molecule has 2 heterocycles. The van der Waals surface area contributed by atoms with E-state index in [2.05, 4.69) is 20.9 Å². The molecule has 0 atom stereocenters. The Morgan fingerprint density at radius 3 is 2.67 bits per heavy atom. The van der Waals surface area contributed by atoms with Gasteiger partial charge in [-0.1, -0.05) is 11.6 Å². The highest BCUT2D eigenvalue weighted by Crippen LogP contribution is 2.26. The molecule has 3 amide bonds. The molecule has 3 rings (SSSR count). The molecule has 3 N–H and O–H groups in total. The van der Waals surface area contributed by atoms with Gasteiger partial charge in [-0.3, -0.25) is 9.69 Å². The Hall–Kier alpha value is -2.55. The molecule has 1 aromatic heterocycles. The predicted octanol–water partition coefficient (Wildman–Crippen LogP) is 2.64. The number of nitrogens with one attached hydrogen (secondary N) is 3. The zero-order valence-electron chi connectivity index (χ0n) is 14.7. The number of halogens is 1. The van der Waals surface area contributed by atoms with E-state index in [1.54, 1.807) is 30.3 Å². The molecule has 0 bridgehead atoms. The monoisotopic (exact) mass is 392 g/mol. The van der Waals surface area contributed by atoms with Crippen molar-refractivity contribution in [3.05, 3.63) is 47.4 Å². The molecule has 1 aromatic carbocycles. The minimum absolute atomic E-state index is 0.188. The number of furan rings is 1. The minimum atomic E-state index is -0.400. The molecule has 1 aliphatic heterocycles. The van der Waals surface area contributed by atoms with Gasteiger partial charge in [-0.2, -0.15) is 0 Å². The Labute approximate surface area is 161 Å². The molecule has 0 aliphatic carbocycles. The first-order valence-electron chi connectivity index (χ1n) is 8.61. The summed E-state index contributed by atoms with van der Waals surface area (Å²) in [6.45, 7) is 4.53. The van der Waals surface area contributed by atoms with Crippen molar-refractivity contribution in [2.45, 2.75) is 0 Å². The molecular formula is C18H21ClN4O4. The fraction of sp³-hybridized carbons (Fsp3) is 0.333. The van der Waals surface area contributed by atoms with Crippen molar-refractivity contribution in [2.75, 3.05) is 50.0 Å². The summed E-state index contributed by atoms with van der Waals surface area (Å²) in [5.74, 6) is -0.212. The Kier molecular flexibility index (Phi) is 6.69. The Morgan fingerprint density at radius 2 is 1.96 bits per heavy atom. The van der Waals surface area contributed by atoms with Crippen LogP contribution < -0.4 is 16.0 Å². The van der Waals surface area contributed by atoms with E-state index in [-0.39, 0.29) is 11.8 Å². The molecule has 1 fully saturated rings. The molecule has 144 valence electrons. The first-order valence-corrected chi connectivity index (χ1v) is 8.99. The topological polar surface area (TPSA) is 95.8 Å². The van der Waals surface area contributed by atoms with E-state index >= 15 is 0 Å². The Morgan fingerprint density at radius 1 is 1.15 bits per heavy atom. The largest absolute Gasteiger partial charge is 0.459 e. The van der Waals surface area contributed by atoms with Gasteiger partial charge in [0.2, 0.25) is 0 Å². The van der Waals surface area contributed by atoms with Gasteiger partial charge in [0.25, 0.3) is 5.91 Å². The lowest BCUT2D eigenvalue weighted by molar-refractivity contribution is 0.0388. The van der Waals surface area contributed by atoms with Crippen LogP contribution in [0.3, 0.4) is 0 Å². The lowest BCUT2D eigenvalue weighted by Gasteiger charge is -2.26. The number of carbonyl (C=O) groups is 2. The first-order chi connectivity index (χ1) is 13.1. The van der Waals surface area contributed by atoms with Crippen LogP contribution in [0.4, 0.5) is 16.2 Å². The molecule has 0 unspecified atom stereocenters. The number of rotatable bonds is 6. The highest BCUT2D eigenvalue weighted by atomic mass is 35.5. The average Bonchev–Trinajstić information content (AvgIpc) is 3.20. The fourth-order valence-corrected chi connectivity index (χ4v) is 2.84. The van der Waals surface area contributed by atoms with E-state index in [4.69, 9.17) is 20.8 Å². The summed E-state index contributed by atoms with van der Waals surface area (Å²) in [6, 6.07) is 7.71. The van der Waals surface area contributed by atoms with Crippen molar-refractivity contribution < 1.29 is 18.7 Å². The van der Waals surface area contributed by atoms with Crippen LogP contribution in [0.25, 0.3) is 0 Å². The summed E-state index contributed by atoms with van der Waals surface area (Å²) in [7, 11) is 0. The summed E-state index contributed by atoms with van der Waals surface area (Å²) in [6.07, 6.45) is 1.42. The summed E-state index contributed by atoms with van der Waals surface area (Å²) < 4.78 is 10.3. The van der Waals surface area contributed by atoms with Crippen LogP contribution in [-0.4, -0.2) is 56.2 Å². The number of ether oxygens (including phenoxy) is 1. The van der Waals surface area contributed by atoms with E-state index in [1.165, 1.54) is 6.26 Å². The number of amides is 3. The minimum Gasteiger partial charge on any atom is -0.459 e. The third-order valence-electron chi connectivity index (χ3n) is 4.04. The van der Waals surface area contributed by atoms with E-state index < -0.39 is 5.91 Å². The lowest BCUT2D eigenvalue weighted by Crippen LogP contribution is -2.42. The maximum absolute atomic E-state index is 12.0. The van der Waals surface area contributed by atoms with Crippen LogP contribution in [0, 0.1) is 0 Å². The zero-order valence-corrected chi connectivity index (χ0v) is 15.4. The molecule has 0 radical (unpaired) electrons. The van der Waals surface area contributed by atoms with E-state index in [0.717, 1.165) is 32.8 Å². The van der Waals surface area contributed by atoms with Crippen LogP contribution in [0.2, 0.25) is 5.02 Å². The summed E-state index contributed by atoms with van der Waals surface area (Å²) in [4.78, 5) is 26.2. The molecule has 9 heteroatoms. The zero-order chi connectivity index (χ0) is 19.1. The number of carbonyl (C=O) groups excluding carboxylic acids is 2. The number of urea groups is 1. The highest BCUT2D eigenvalue weighted by Gasteiger charge is 2.13. The van der Waals surface area contributed by atoms with Crippen LogP contribution in [-0.2, 0) is 4.74 Å². The van der Waals surface area contributed by atoms with Gasteiger partial charge < -0.3 is 25.1 Å². The van der Waals surface area contributed by atoms with Gasteiger partial charge in [-0.05, 0) is 30.3 Å². The maximum atomic E-state index is 12.0. The van der Waals surface area contributed by atoms with Gasteiger partial charge in [-0.25, -0.2) is 4.79 Å². The molecule has 0 spiro atoms. The van der Waals surface area contributed by atoms with Gasteiger partial charge in [0.05, 0.1) is 30.2 Å². The predicted molar refractivity (Wildman–Crippen MR) is 102 cm³/mol. The van der Waals surface area contributed by atoms with E-state index in [1.807, 2.05) is 0 Å². The van der Waals surface area contributed by atoms with Gasteiger partial charge in [0.15, 0.2) is 5.76 Å². The fourth-order valence-electron chi connectivity index (χ4n) is 2.61. The van der Waals surface area contributed by atoms with Crippen LogP contribution >= 0.6 is 11.6 Å². The standard InChI is InChI=1S/C18H21ClN4O4/c19-14-12-13(3-4-15(14)22-17(24)16-2-1-9-27-16)21-18(25)20-5-6-23-7-10-26-11-8-23/h1-4,9,12H,5-8,10-11H2,(H,22,24)(H2,20,21,25). The summed E-state index contributed by atoms with van der Waals surface area (Å²) in [5.41, 5.74) is 0.955. The van der Waals surface area contributed by atoms with Crippen molar-refractivity contribution >= 4 is 34.9 Å². The number of anilines is 2. The highest BCUT2D eigenvalue weighted by molar-refractivity contribution is 6.34. The van der Waals surface area contributed by atoms with Gasteiger partial charge in [0, 0.05) is 31.9 Å². The van der Waals surface area contributed by atoms with Crippen molar-refractivity contribution in [1.29, 1.82) is 0 Å². The number of hydrogen-bond acceptors (Lipinski definition) is 5. The molecule has 8 nitrogen and oxygen atoms in total. The quantitative estimate of drug-likeness (QED) is 0.702. The second-order valence-corrected chi connectivity index (χ2v) is 6.37. The smallest absolute Gasteiger partial charge is 0.319 e. The van der Waals surface area contributed by atoms with Crippen molar-refractivity contribution in [3.63, 3.8) is 0 Å². The van der Waals surface area contributed by atoms with E-state index in [9.17, 15) is 9.59 Å². The van der Waals surface area contributed by atoms with Crippen LogP contribution in [0.5, 0.6) is 0 Å². The Bertz CT molecular complexity index is 776. The summed E-state index contributed by atoms with van der Waals surface area (Å²) >= 11 is 6.19. The number of benzene rings is 1. The first kappa shape index (κ1) is 19.2. The number of nitrogens with zero attached hydrogens (tertiary/aromatic N) is 1.